The fourth-order valence-corrected chi connectivity index (χ4v) is 2.44. The maximum Gasteiger partial charge on any atom is 0.119 e. The molecule has 1 aliphatic rings. The van der Waals surface area contributed by atoms with Gasteiger partial charge in [0, 0.05) is 6.04 Å². The van der Waals surface area contributed by atoms with E-state index in [1.807, 2.05) is 0 Å². The van der Waals surface area contributed by atoms with Crippen LogP contribution < -0.4 is 10.1 Å². The van der Waals surface area contributed by atoms with Gasteiger partial charge in [0.1, 0.15) is 12.4 Å². The molecule has 2 nitrogen and oxygen atoms in total. The Bertz CT molecular complexity index is 369. The minimum atomic E-state index is 0.527. The highest BCUT2D eigenvalue weighted by Crippen LogP contribution is 2.33. The van der Waals surface area contributed by atoms with Gasteiger partial charge in [-0.2, -0.15) is 0 Å². The van der Waals surface area contributed by atoms with Gasteiger partial charge in [-0.3, -0.25) is 0 Å². The molecular weight excluding hydrogens is 234 g/mol. The van der Waals surface area contributed by atoms with E-state index in [1.165, 1.54) is 24.8 Å². The molecule has 0 aromatic heterocycles. The van der Waals surface area contributed by atoms with Crippen molar-refractivity contribution in [1.29, 1.82) is 0 Å². The molecule has 1 fully saturated rings. The van der Waals surface area contributed by atoms with E-state index in [0.717, 1.165) is 24.8 Å². The lowest BCUT2D eigenvalue weighted by Gasteiger charge is -2.18. The average molecular weight is 261 g/mol. The maximum absolute atomic E-state index is 5.93. The fourth-order valence-electron chi connectivity index (χ4n) is 2.44. The Morgan fingerprint density at radius 2 is 1.89 bits per heavy atom. The molecule has 2 rings (SSSR count). The van der Waals surface area contributed by atoms with Crippen molar-refractivity contribution in [2.45, 2.75) is 52.0 Å². The molecule has 0 heterocycles. The lowest BCUT2D eigenvalue weighted by atomic mass is 9.99. The first kappa shape index (κ1) is 14.4. The van der Waals surface area contributed by atoms with Crippen LogP contribution in [0.25, 0.3) is 0 Å². The summed E-state index contributed by atoms with van der Waals surface area (Å²) in [6.45, 7) is 8.48. The molecule has 2 atom stereocenters. The summed E-state index contributed by atoms with van der Waals surface area (Å²) in [6, 6.07) is 9.14. The molecule has 0 amide bonds. The summed E-state index contributed by atoms with van der Waals surface area (Å²) in [6.07, 6.45) is 3.90. The van der Waals surface area contributed by atoms with Gasteiger partial charge in [0.2, 0.25) is 0 Å². The summed E-state index contributed by atoms with van der Waals surface area (Å²) in [7, 11) is 0. The van der Waals surface area contributed by atoms with E-state index in [-0.39, 0.29) is 0 Å². The van der Waals surface area contributed by atoms with Crippen molar-refractivity contribution in [2.24, 2.45) is 5.92 Å². The van der Waals surface area contributed by atoms with Crippen molar-refractivity contribution in [3.8, 4) is 5.75 Å². The minimum Gasteiger partial charge on any atom is -0.492 e. The zero-order chi connectivity index (χ0) is 13.7. The van der Waals surface area contributed by atoms with Crippen LogP contribution >= 0.6 is 0 Å². The van der Waals surface area contributed by atoms with Crippen LogP contribution in [-0.2, 0) is 0 Å². The summed E-state index contributed by atoms with van der Waals surface area (Å²) in [5, 5.41) is 3.53. The number of hydrogen-bond donors (Lipinski definition) is 1. The second kappa shape index (κ2) is 6.95. The van der Waals surface area contributed by atoms with E-state index in [0.29, 0.717) is 12.0 Å². The molecule has 0 saturated heterocycles. The van der Waals surface area contributed by atoms with Gasteiger partial charge in [-0.05, 0) is 55.3 Å². The second-order valence-electron chi connectivity index (χ2n) is 5.69. The van der Waals surface area contributed by atoms with E-state index in [2.05, 4.69) is 50.4 Å². The standard InChI is InChI=1S/C17H27NO/c1-4-13(3)14-8-10-16(11-9-14)19-12-17(18-5-2)15-6-7-15/h8-11,13,15,17-18H,4-7,12H2,1-3H3. The lowest BCUT2D eigenvalue weighted by molar-refractivity contribution is 0.251. The van der Waals surface area contributed by atoms with E-state index < -0.39 is 0 Å². The average Bonchev–Trinajstić information content (AvgIpc) is 3.27. The van der Waals surface area contributed by atoms with Crippen LogP contribution in [0.2, 0.25) is 0 Å². The van der Waals surface area contributed by atoms with Crippen LogP contribution in [0.3, 0.4) is 0 Å². The van der Waals surface area contributed by atoms with Crippen molar-refractivity contribution in [3.05, 3.63) is 29.8 Å². The van der Waals surface area contributed by atoms with Gasteiger partial charge in [-0.25, -0.2) is 0 Å². The van der Waals surface area contributed by atoms with E-state index in [1.54, 1.807) is 0 Å². The molecule has 1 aliphatic carbocycles. The summed E-state index contributed by atoms with van der Waals surface area (Å²) in [5.74, 6) is 2.46. The molecule has 0 radical (unpaired) electrons. The van der Waals surface area contributed by atoms with Crippen molar-refractivity contribution in [3.63, 3.8) is 0 Å². The van der Waals surface area contributed by atoms with Gasteiger partial charge < -0.3 is 10.1 Å². The Kier molecular flexibility index (Phi) is 5.26. The molecule has 1 aromatic rings. The van der Waals surface area contributed by atoms with Crippen LogP contribution in [0.5, 0.6) is 5.75 Å². The lowest BCUT2D eigenvalue weighted by Crippen LogP contribution is -2.36. The predicted molar refractivity (Wildman–Crippen MR) is 80.8 cm³/mol. The van der Waals surface area contributed by atoms with Crippen molar-refractivity contribution < 1.29 is 4.74 Å². The third-order valence-corrected chi connectivity index (χ3v) is 4.15. The second-order valence-corrected chi connectivity index (χ2v) is 5.69. The molecule has 1 aromatic carbocycles. The number of hydrogen-bond acceptors (Lipinski definition) is 2. The van der Waals surface area contributed by atoms with Crippen molar-refractivity contribution in [1.82, 2.24) is 5.32 Å². The highest BCUT2D eigenvalue weighted by Gasteiger charge is 2.30. The molecule has 2 heteroatoms. The first-order chi connectivity index (χ1) is 9.24. The number of nitrogens with one attached hydrogen (secondary N) is 1. The van der Waals surface area contributed by atoms with E-state index >= 15 is 0 Å². The zero-order valence-corrected chi connectivity index (χ0v) is 12.5. The summed E-state index contributed by atoms with van der Waals surface area (Å²) in [5.41, 5.74) is 1.40. The molecule has 0 spiro atoms. The van der Waals surface area contributed by atoms with Crippen molar-refractivity contribution >= 4 is 0 Å². The predicted octanol–water partition coefficient (Wildman–Crippen LogP) is 3.97. The number of rotatable bonds is 8. The Morgan fingerprint density at radius 3 is 2.42 bits per heavy atom. The smallest absolute Gasteiger partial charge is 0.119 e. The van der Waals surface area contributed by atoms with Gasteiger partial charge in [0.25, 0.3) is 0 Å². The molecule has 0 bridgehead atoms. The van der Waals surface area contributed by atoms with Crippen LogP contribution in [0.1, 0.15) is 51.5 Å². The Hall–Kier alpha value is -1.02. The highest BCUT2D eigenvalue weighted by atomic mass is 16.5. The van der Waals surface area contributed by atoms with Crippen LogP contribution in [0, 0.1) is 5.92 Å². The van der Waals surface area contributed by atoms with Crippen LogP contribution in [0.15, 0.2) is 24.3 Å². The monoisotopic (exact) mass is 261 g/mol. The third-order valence-electron chi connectivity index (χ3n) is 4.15. The van der Waals surface area contributed by atoms with Crippen LogP contribution in [0.4, 0.5) is 0 Å². The summed E-state index contributed by atoms with van der Waals surface area (Å²) < 4.78 is 5.93. The molecule has 106 valence electrons. The number of ether oxygens (including phenoxy) is 1. The molecule has 0 aliphatic heterocycles. The maximum atomic E-state index is 5.93. The van der Waals surface area contributed by atoms with E-state index in [9.17, 15) is 0 Å². The minimum absolute atomic E-state index is 0.527. The highest BCUT2D eigenvalue weighted by molar-refractivity contribution is 5.29. The molecule has 1 saturated carbocycles. The number of benzene rings is 1. The van der Waals surface area contributed by atoms with Crippen molar-refractivity contribution in [2.75, 3.05) is 13.2 Å². The zero-order valence-electron chi connectivity index (χ0n) is 12.5. The van der Waals surface area contributed by atoms with Gasteiger partial charge >= 0.3 is 0 Å². The summed E-state index contributed by atoms with van der Waals surface area (Å²) in [4.78, 5) is 0. The first-order valence-electron chi connectivity index (χ1n) is 7.70. The normalized spacial score (nSPS) is 18.1. The first-order valence-corrected chi connectivity index (χ1v) is 7.70. The number of likely N-dealkylation sites (N-methyl/N-ethyl adjacent to an activating group) is 1. The molecular formula is C17H27NO. The Balaban J connectivity index is 1.84. The largest absolute Gasteiger partial charge is 0.492 e. The topological polar surface area (TPSA) is 21.3 Å². The van der Waals surface area contributed by atoms with E-state index in [4.69, 9.17) is 4.74 Å². The Morgan fingerprint density at radius 1 is 1.21 bits per heavy atom. The molecule has 2 unspecified atom stereocenters. The van der Waals surface area contributed by atoms with Gasteiger partial charge in [0.15, 0.2) is 0 Å². The molecule has 19 heavy (non-hydrogen) atoms. The Labute approximate surface area is 117 Å². The fraction of sp³-hybridized carbons (Fsp3) is 0.647. The third kappa shape index (κ3) is 4.24. The summed E-state index contributed by atoms with van der Waals surface area (Å²) >= 11 is 0. The van der Waals surface area contributed by atoms with Gasteiger partial charge in [-0.1, -0.05) is 32.9 Å². The SMILES string of the molecule is CCNC(COc1ccc(C(C)CC)cc1)C1CC1. The molecule has 1 N–H and O–H groups in total. The van der Waals surface area contributed by atoms with Gasteiger partial charge in [-0.15, -0.1) is 0 Å². The van der Waals surface area contributed by atoms with Crippen LogP contribution in [-0.4, -0.2) is 19.2 Å². The van der Waals surface area contributed by atoms with Gasteiger partial charge in [0.05, 0.1) is 0 Å². The quantitative estimate of drug-likeness (QED) is 0.764.